The number of nitrogens with zero attached hydrogens (tertiary/aromatic N) is 2. The lowest BCUT2D eigenvalue weighted by molar-refractivity contribution is 0.0294. The van der Waals surface area contributed by atoms with E-state index in [1.807, 2.05) is 0 Å². The van der Waals surface area contributed by atoms with Crippen LogP contribution in [0, 0.1) is 17.2 Å². The first-order valence-electron chi connectivity index (χ1n) is 9.16. The van der Waals surface area contributed by atoms with Crippen LogP contribution in [0.5, 0.6) is 0 Å². The lowest BCUT2D eigenvalue weighted by atomic mass is 9.85. The highest BCUT2D eigenvalue weighted by Gasteiger charge is 2.37. The Labute approximate surface area is 182 Å². The van der Waals surface area contributed by atoms with Gasteiger partial charge < -0.3 is 10.1 Å². The van der Waals surface area contributed by atoms with Crippen LogP contribution in [0.2, 0.25) is 0 Å². The van der Waals surface area contributed by atoms with Crippen molar-refractivity contribution < 1.29 is 26.7 Å². The molecule has 0 aliphatic heterocycles. The Bertz CT molecular complexity index is 1200. The van der Waals surface area contributed by atoms with Crippen LogP contribution >= 0.6 is 11.3 Å². The number of hydrogen-bond acceptors (Lipinski definition) is 6. The number of ether oxygens (including phenoxy) is 1. The zero-order valence-corrected chi connectivity index (χ0v) is 18.9. The molecule has 11 heteroatoms. The minimum absolute atomic E-state index is 0.0795. The minimum atomic E-state index is -4.27. The van der Waals surface area contributed by atoms with Crippen LogP contribution in [-0.2, 0) is 14.8 Å². The smallest absolute Gasteiger partial charge is 0.407 e. The lowest BCUT2D eigenvalue weighted by Crippen LogP contribution is -2.29. The quantitative estimate of drug-likeness (QED) is 0.553. The number of pyridine rings is 1. The number of rotatable bonds is 5. The third kappa shape index (κ3) is 4.33. The fourth-order valence-electron chi connectivity index (χ4n) is 3.04. The molecule has 1 N–H and O–H groups in total. The zero-order valence-electron chi connectivity index (χ0n) is 17.2. The molecule has 3 rings (SSSR count). The monoisotopic (exact) mass is 469 g/mol. The average molecular weight is 470 g/mol. The summed E-state index contributed by atoms with van der Waals surface area (Å²) in [5.74, 6) is -2.05. The van der Waals surface area contributed by atoms with E-state index in [1.165, 1.54) is 36.8 Å². The molecule has 0 aliphatic carbocycles. The maximum Gasteiger partial charge on any atom is 0.407 e. The number of carbonyl (C=O) groups is 1. The van der Waals surface area contributed by atoms with Gasteiger partial charge >= 0.3 is 6.09 Å². The molecule has 0 aliphatic rings. The number of halogens is 2. The van der Waals surface area contributed by atoms with Gasteiger partial charge in [0.25, 0.3) is 10.0 Å². The first-order valence-corrected chi connectivity index (χ1v) is 11.5. The highest BCUT2D eigenvalue weighted by molar-refractivity contribution is 7.90. The van der Waals surface area contributed by atoms with Crippen LogP contribution < -0.4 is 5.32 Å². The van der Waals surface area contributed by atoms with Gasteiger partial charge in [0.15, 0.2) is 5.82 Å². The Kier molecular flexibility index (Phi) is 6.19. The number of thiophene rings is 1. The Morgan fingerprint density at radius 2 is 2.00 bits per heavy atom. The van der Waals surface area contributed by atoms with Gasteiger partial charge in [-0.25, -0.2) is 26.6 Å². The van der Waals surface area contributed by atoms with E-state index in [1.54, 1.807) is 26.2 Å². The van der Waals surface area contributed by atoms with Crippen LogP contribution in [0.15, 0.2) is 46.2 Å². The van der Waals surface area contributed by atoms with E-state index in [0.717, 1.165) is 17.5 Å². The average Bonchev–Trinajstić information content (AvgIpc) is 3.35. The summed E-state index contributed by atoms with van der Waals surface area (Å²) in [5, 5.41) is 5.24. The van der Waals surface area contributed by atoms with Gasteiger partial charge in [-0.15, -0.1) is 0 Å². The van der Waals surface area contributed by atoms with Gasteiger partial charge in [-0.1, -0.05) is 20.8 Å². The zero-order chi connectivity index (χ0) is 23.0. The van der Waals surface area contributed by atoms with Crippen LogP contribution in [-0.4, -0.2) is 30.5 Å². The molecule has 0 saturated heterocycles. The van der Waals surface area contributed by atoms with E-state index in [9.17, 15) is 17.6 Å². The van der Waals surface area contributed by atoms with Crippen molar-refractivity contribution in [2.75, 3.05) is 7.05 Å². The molecule has 31 heavy (non-hydrogen) atoms. The second kappa shape index (κ2) is 8.39. The maximum atomic E-state index is 15.8. The predicted molar refractivity (Wildman–Crippen MR) is 112 cm³/mol. The summed E-state index contributed by atoms with van der Waals surface area (Å²) in [5.41, 5.74) is -1.87. The standard InChI is InChI=1S/C20H21F2N3O4S2/c1-20(2,3)17(29-19(26)23-4)14-10-25(31(27,28)12-7-9-30-11-12)16(15(14)21)13-6-5-8-24-18(13)22/h5-11,17H,1-4H3,(H,23,26). The predicted octanol–water partition coefficient (Wildman–Crippen LogP) is 4.57. The highest BCUT2D eigenvalue weighted by atomic mass is 32.2. The summed E-state index contributed by atoms with van der Waals surface area (Å²) < 4.78 is 62.8. The molecule has 0 spiro atoms. The molecule has 1 unspecified atom stereocenters. The fourth-order valence-corrected chi connectivity index (χ4v) is 5.43. The number of hydrogen-bond donors (Lipinski definition) is 1. The molecule has 0 saturated carbocycles. The van der Waals surface area contributed by atoms with Crippen molar-refractivity contribution in [2.24, 2.45) is 5.41 Å². The molecular weight excluding hydrogens is 448 g/mol. The summed E-state index contributed by atoms with van der Waals surface area (Å²) >= 11 is 1.15. The molecule has 1 amide bonds. The van der Waals surface area contributed by atoms with Crippen molar-refractivity contribution in [2.45, 2.75) is 31.8 Å². The Morgan fingerprint density at radius 1 is 1.29 bits per heavy atom. The second-order valence-electron chi connectivity index (χ2n) is 7.75. The van der Waals surface area contributed by atoms with Gasteiger partial charge in [-0.2, -0.15) is 15.7 Å². The number of alkyl carbamates (subject to hydrolysis) is 1. The largest absolute Gasteiger partial charge is 0.441 e. The SMILES string of the molecule is CNC(=O)OC(c1cn(S(=O)(=O)c2ccsc2)c(-c2cccnc2F)c1F)C(C)(C)C. The topological polar surface area (TPSA) is 90.3 Å². The summed E-state index contributed by atoms with van der Waals surface area (Å²) in [4.78, 5) is 15.3. The fraction of sp³-hybridized carbons (Fsp3) is 0.300. The molecule has 3 aromatic rings. The van der Waals surface area contributed by atoms with Crippen LogP contribution in [0.3, 0.4) is 0 Å². The van der Waals surface area contributed by atoms with Crippen molar-refractivity contribution in [3.63, 3.8) is 0 Å². The number of nitrogens with one attached hydrogen (secondary N) is 1. The molecule has 1 atom stereocenters. The van der Waals surface area contributed by atoms with Gasteiger partial charge in [0, 0.05) is 35.8 Å². The van der Waals surface area contributed by atoms with Crippen molar-refractivity contribution in [3.05, 3.63) is 58.7 Å². The lowest BCUT2D eigenvalue weighted by Gasteiger charge is -2.29. The Hall–Kier alpha value is -2.79. The first kappa shape index (κ1) is 22.9. The van der Waals surface area contributed by atoms with Crippen LogP contribution in [0.25, 0.3) is 11.3 Å². The van der Waals surface area contributed by atoms with E-state index in [0.29, 0.717) is 3.97 Å². The molecule has 7 nitrogen and oxygen atoms in total. The molecule has 0 fully saturated rings. The van der Waals surface area contributed by atoms with Crippen molar-refractivity contribution in [3.8, 4) is 11.3 Å². The third-order valence-corrected chi connectivity index (χ3v) is 6.99. The summed E-state index contributed by atoms with van der Waals surface area (Å²) in [6.07, 6.45) is 0.222. The van der Waals surface area contributed by atoms with Crippen molar-refractivity contribution >= 4 is 27.5 Å². The van der Waals surface area contributed by atoms with E-state index in [-0.39, 0.29) is 16.0 Å². The third-order valence-electron chi connectivity index (χ3n) is 4.50. The summed E-state index contributed by atoms with van der Waals surface area (Å²) in [7, 11) is -2.92. The molecule has 0 radical (unpaired) electrons. The number of aromatic nitrogens is 2. The molecular formula is C20H21F2N3O4S2. The highest BCUT2D eigenvalue weighted by Crippen LogP contribution is 2.42. The summed E-state index contributed by atoms with van der Waals surface area (Å²) in [6.45, 7) is 5.11. The van der Waals surface area contributed by atoms with Gasteiger partial charge in [0.1, 0.15) is 11.8 Å². The van der Waals surface area contributed by atoms with Crippen LogP contribution in [0.1, 0.15) is 32.4 Å². The van der Waals surface area contributed by atoms with Crippen LogP contribution in [0.4, 0.5) is 13.6 Å². The van der Waals surface area contributed by atoms with E-state index in [4.69, 9.17) is 4.74 Å². The van der Waals surface area contributed by atoms with Crippen molar-refractivity contribution in [1.29, 1.82) is 0 Å². The van der Waals surface area contributed by atoms with E-state index < -0.39 is 45.1 Å². The minimum Gasteiger partial charge on any atom is -0.441 e. The molecule has 3 heterocycles. The Morgan fingerprint density at radius 3 is 2.55 bits per heavy atom. The van der Waals surface area contributed by atoms with Gasteiger partial charge in [-0.05, 0) is 23.6 Å². The molecule has 0 aromatic carbocycles. The normalized spacial score (nSPS) is 13.1. The molecule has 3 aromatic heterocycles. The first-order chi connectivity index (χ1) is 14.5. The molecule has 0 bridgehead atoms. The van der Waals surface area contributed by atoms with Gasteiger partial charge in [0.05, 0.1) is 10.5 Å². The molecule has 166 valence electrons. The second-order valence-corrected chi connectivity index (χ2v) is 10.3. The van der Waals surface area contributed by atoms with E-state index in [2.05, 4.69) is 10.3 Å². The summed E-state index contributed by atoms with van der Waals surface area (Å²) in [6, 6.07) is 3.97. The maximum absolute atomic E-state index is 15.8. The Balaban J connectivity index is 2.33. The van der Waals surface area contributed by atoms with E-state index >= 15 is 4.39 Å². The number of carbonyl (C=O) groups excluding carboxylic acids is 1. The van der Waals surface area contributed by atoms with Crippen molar-refractivity contribution in [1.82, 2.24) is 14.3 Å². The number of amides is 1. The van der Waals surface area contributed by atoms with Gasteiger partial charge in [0.2, 0.25) is 5.95 Å². The van der Waals surface area contributed by atoms with Gasteiger partial charge in [-0.3, -0.25) is 0 Å².